The zero-order valence-electron chi connectivity index (χ0n) is 10.8. The highest BCUT2D eigenvalue weighted by Crippen LogP contribution is 2.07. The van der Waals surface area contributed by atoms with Gasteiger partial charge in [-0.2, -0.15) is 0 Å². The first-order chi connectivity index (χ1) is 8.65. The molecule has 0 saturated carbocycles. The Morgan fingerprint density at radius 1 is 1.44 bits per heavy atom. The fraction of sp³-hybridized carbons (Fsp3) is 0.400. The summed E-state index contributed by atoms with van der Waals surface area (Å²) >= 11 is 0. The van der Waals surface area contributed by atoms with Gasteiger partial charge < -0.3 is 11.1 Å². The van der Waals surface area contributed by atoms with Gasteiger partial charge in [-0.05, 0) is 30.5 Å². The van der Waals surface area contributed by atoms with E-state index in [1.165, 1.54) is 0 Å². The summed E-state index contributed by atoms with van der Waals surface area (Å²) in [5, 5.41) is 2.85. The van der Waals surface area contributed by atoms with E-state index in [1.807, 2.05) is 31.2 Å². The number of nitrogen functional groups attached to an aromatic ring is 1. The molecule has 0 saturated heterocycles. The number of aryl methyl sites for hydroxylation is 1. The molecule has 3 heteroatoms. The van der Waals surface area contributed by atoms with Crippen LogP contribution in [0.15, 0.2) is 24.3 Å². The van der Waals surface area contributed by atoms with E-state index in [0.717, 1.165) is 24.1 Å². The van der Waals surface area contributed by atoms with Gasteiger partial charge in [0.15, 0.2) is 0 Å². The molecule has 1 amide bonds. The Labute approximate surface area is 109 Å². The lowest BCUT2D eigenvalue weighted by molar-refractivity contribution is -0.121. The van der Waals surface area contributed by atoms with Crippen LogP contribution in [0.2, 0.25) is 0 Å². The second-order valence-corrected chi connectivity index (χ2v) is 4.32. The van der Waals surface area contributed by atoms with Gasteiger partial charge in [0, 0.05) is 12.1 Å². The van der Waals surface area contributed by atoms with E-state index >= 15 is 0 Å². The molecule has 1 unspecified atom stereocenters. The number of carbonyl (C=O) groups is 1. The van der Waals surface area contributed by atoms with Gasteiger partial charge in [-0.3, -0.25) is 4.79 Å². The van der Waals surface area contributed by atoms with Crippen LogP contribution in [-0.4, -0.2) is 11.9 Å². The Morgan fingerprint density at radius 2 is 2.11 bits per heavy atom. The summed E-state index contributed by atoms with van der Waals surface area (Å²) in [4.78, 5) is 11.7. The molecular weight excluding hydrogens is 224 g/mol. The summed E-state index contributed by atoms with van der Waals surface area (Å²) in [6.07, 6.45) is 8.30. The second-order valence-electron chi connectivity index (χ2n) is 4.32. The summed E-state index contributed by atoms with van der Waals surface area (Å²) in [5.74, 6) is 2.59. The molecule has 0 aromatic heterocycles. The number of hydrogen-bond acceptors (Lipinski definition) is 2. The number of anilines is 1. The van der Waals surface area contributed by atoms with Crippen molar-refractivity contribution in [2.24, 2.45) is 0 Å². The molecule has 0 fully saturated rings. The van der Waals surface area contributed by atoms with Crippen LogP contribution in [0.4, 0.5) is 5.69 Å². The largest absolute Gasteiger partial charge is 0.399 e. The Kier molecular flexibility index (Phi) is 5.79. The van der Waals surface area contributed by atoms with Gasteiger partial charge in [0.25, 0.3) is 0 Å². The van der Waals surface area contributed by atoms with E-state index in [9.17, 15) is 4.79 Å². The lowest BCUT2D eigenvalue weighted by Gasteiger charge is -2.11. The van der Waals surface area contributed by atoms with Gasteiger partial charge in [-0.25, -0.2) is 0 Å². The fourth-order valence-electron chi connectivity index (χ4n) is 1.69. The molecule has 0 aliphatic carbocycles. The van der Waals surface area contributed by atoms with Crippen molar-refractivity contribution in [3.63, 3.8) is 0 Å². The normalized spacial score (nSPS) is 11.6. The van der Waals surface area contributed by atoms with Crippen molar-refractivity contribution in [3.05, 3.63) is 29.8 Å². The summed E-state index contributed by atoms with van der Waals surface area (Å²) in [7, 11) is 0. The second kappa shape index (κ2) is 7.39. The summed E-state index contributed by atoms with van der Waals surface area (Å²) in [5.41, 5.74) is 7.44. The van der Waals surface area contributed by atoms with Gasteiger partial charge in [0.2, 0.25) is 5.91 Å². The van der Waals surface area contributed by atoms with Crippen molar-refractivity contribution in [1.29, 1.82) is 0 Å². The van der Waals surface area contributed by atoms with Crippen LogP contribution in [-0.2, 0) is 11.2 Å². The van der Waals surface area contributed by atoms with E-state index in [4.69, 9.17) is 12.2 Å². The zero-order valence-corrected chi connectivity index (χ0v) is 10.8. The Hall–Kier alpha value is -1.95. The van der Waals surface area contributed by atoms with Crippen LogP contribution in [0.3, 0.4) is 0 Å². The molecule has 1 rings (SSSR count). The molecule has 1 aromatic rings. The highest BCUT2D eigenvalue weighted by molar-refractivity contribution is 5.76. The van der Waals surface area contributed by atoms with Crippen molar-refractivity contribution in [2.75, 3.05) is 5.73 Å². The highest BCUT2D eigenvalue weighted by Gasteiger charge is 2.08. The van der Waals surface area contributed by atoms with Crippen LogP contribution in [0.5, 0.6) is 0 Å². The van der Waals surface area contributed by atoms with E-state index in [2.05, 4.69) is 11.2 Å². The standard InChI is InChI=1S/C15H20N2O/c1-3-5-14(4-2)17-15(18)11-8-12-6-9-13(16)10-7-12/h2,6-7,9-10,14H,3,5,8,11,16H2,1H3,(H,17,18). The van der Waals surface area contributed by atoms with Gasteiger partial charge in [-0.15, -0.1) is 6.42 Å². The fourth-order valence-corrected chi connectivity index (χ4v) is 1.69. The molecule has 0 bridgehead atoms. The quantitative estimate of drug-likeness (QED) is 0.595. The third-order valence-corrected chi connectivity index (χ3v) is 2.73. The molecule has 0 spiro atoms. The maximum absolute atomic E-state index is 11.7. The zero-order chi connectivity index (χ0) is 13.4. The number of amides is 1. The van der Waals surface area contributed by atoms with Crippen molar-refractivity contribution in [2.45, 2.75) is 38.6 Å². The maximum Gasteiger partial charge on any atom is 0.221 e. The summed E-state index contributed by atoms with van der Waals surface area (Å²) in [6, 6.07) is 7.41. The highest BCUT2D eigenvalue weighted by atomic mass is 16.1. The number of benzene rings is 1. The van der Waals surface area contributed by atoms with E-state index in [-0.39, 0.29) is 11.9 Å². The molecule has 0 radical (unpaired) electrons. The summed E-state index contributed by atoms with van der Waals surface area (Å²) < 4.78 is 0. The molecule has 0 heterocycles. The first-order valence-electron chi connectivity index (χ1n) is 6.25. The van der Waals surface area contributed by atoms with Crippen molar-refractivity contribution in [1.82, 2.24) is 5.32 Å². The molecule has 1 aromatic carbocycles. The van der Waals surface area contributed by atoms with E-state index in [1.54, 1.807) is 0 Å². The van der Waals surface area contributed by atoms with Gasteiger partial charge in [0.1, 0.15) is 0 Å². The van der Waals surface area contributed by atoms with Crippen molar-refractivity contribution >= 4 is 11.6 Å². The molecule has 0 aliphatic heterocycles. The minimum Gasteiger partial charge on any atom is -0.399 e. The van der Waals surface area contributed by atoms with Crippen LogP contribution in [0.1, 0.15) is 31.7 Å². The SMILES string of the molecule is C#CC(CCC)NC(=O)CCc1ccc(N)cc1. The molecular formula is C15H20N2O. The number of hydrogen-bond donors (Lipinski definition) is 2. The average Bonchev–Trinajstić information content (AvgIpc) is 2.37. The van der Waals surface area contributed by atoms with Gasteiger partial charge in [0.05, 0.1) is 6.04 Å². The van der Waals surface area contributed by atoms with E-state index in [0.29, 0.717) is 12.8 Å². The Morgan fingerprint density at radius 3 is 2.67 bits per heavy atom. The third kappa shape index (κ3) is 4.92. The number of nitrogens with one attached hydrogen (secondary N) is 1. The van der Waals surface area contributed by atoms with Crippen molar-refractivity contribution < 1.29 is 4.79 Å². The smallest absolute Gasteiger partial charge is 0.221 e. The predicted octanol–water partition coefficient (Wildman–Crippen LogP) is 2.12. The van der Waals surface area contributed by atoms with Crippen LogP contribution in [0.25, 0.3) is 0 Å². The summed E-state index contributed by atoms with van der Waals surface area (Å²) in [6.45, 7) is 2.05. The van der Waals surface area contributed by atoms with Crippen molar-refractivity contribution in [3.8, 4) is 12.3 Å². The molecule has 0 aliphatic rings. The Balaban J connectivity index is 2.37. The van der Waals surface area contributed by atoms with Gasteiger partial charge in [-0.1, -0.05) is 31.4 Å². The average molecular weight is 244 g/mol. The van der Waals surface area contributed by atoms with Gasteiger partial charge >= 0.3 is 0 Å². The topological polar surface area (TPSA) is 55.1 Å². The number of rotatable bonds is 6. The van der Waals surface area contributed by atoms with Crippen LogP contribution in [0, 0.1) is 12.3 Å². The third-order valence-electron chi connectivity index (χ3n) is 2.73. The molecule has 3 nitrogen and oxygen atoms in total. The van der Waals surface area contributed by atoms with Crippen LogP contribution >= 0.6 is 0 Å². The molecule has 3 N–H and O–H groups in total. The number of carbonyl (C=O) groups excluding carboxylic acids is 1. The van der Waals surface area contributed by atoms with Crippen LogP contribution < -0.4 is 11.1 Å². The first-order valence-corrected chi connectivity index (χ1v) is 6.25. The van der Waals surface area contributed by atoms with E-state index < -0.39 is 0 Å². The minimum atomic E-state index is -0.145. The maximum atomic E-state index is 11.7. The monoisotopic (exact) mass is 244 g/mol. The predicted molar refractivity (Wildman–Crippen MR) is 74.8 cm³/mol. The number of nitrogens with two attached hydrogens (primary N) is 1. The lowest BCUT2D eigenvalue weighted by Crippen LogP contribution is -2.33. The first kappa shape index (κ1) is 14.1. The Bertz CT molecular complexity index is 417. The molecule has 1 atom stereocenters. The minimum absolute atomic E-state index is 0.00299. The molecule has 96 valence electrons. The number of terminal acetylenes is 1. The lowest BCUT2D eigenvalue weighted by atomic mass is 10.1. The molecule has 18 heavy (non-hydrogen) atoms.